The summed E-state index contributed by atoms with van der Waals surface area (Å²) in [7, 11) is 1.64. The average Bonchev–Trinajstić information content (AvgIpc) is 2.97. The van der Waals surface area contributed by atoms with Gasteiger partial charge in [0, 0.05) is 24.1 Å². The van der Waals surface area contributed by atoms with Crippen LogP contribution in [0.4, 0.5) is 5.69 Å². The van der Waals surface area contributed by atoms with Gasteiger partial charge in [0.15, 0.2) is 0 Å². The molecule has 0 atom stereocenters. The van der Waals surface area contributed by atoms with Crippen LogP contribution in [0.3, 0.4) is 0 Å². The van der Waals surface area contributed by atoms with Crippen molar-refractivity contribution in [1.82, 2.24) is 4.98 Å². The van der Waals surface area contributed by atoms with E-state index in [1.807, 2.05) is 31.2 Å². The quantitative estimate of drug-likeness (QED) is 0.475. The number of nitrogens with two attached hydrogens (primary N) is 1. The Morgan fingerprint density at radius 2 is 2.29 bits per heavy atom. The summed E-state index contributed by atoms with van der Waals surface area (Å²) in [6.07, 6.45) is 4.82. The molecule has 6 nitrogen and oxygen atoms in total. The second-order valence-corrected chi connectivity index (χ2v) is 6.13. The number of hydrogen-bond acceptors (Lipinski definition) is 6. The minimum absolute atomic E-state index is 0.397. The number of allylic oxidation sites excluding steroid dienone is 1. The fourth-order valence-electron chi connectivity index (χ4n) is 2.11. The number of thiazole rings is 1. The van der Waals surface area contributed by atoms with Gasteiger partial charge in [-0.25, -0.2) is 4.98 Å². The molecule has 2 rings (SSSR count). The third kappa shape index (κ3) is 4.66. The topological polar surface area (TPSA) is 76.1 Å². The van der Waals surface area contributed by atoms with Crippen LogP contribution in [-0.4, -0.2) is 24.6 Å². The fourth-order valence-corrected chi connectivity index (χ4v) is 2.73. The Balaban J connectivity index is 2.25. The maximum atomic E-state index is 5.62. The first-order valence-electron chi connectivity index (χ1n) is 7.36. The van der Waals surface area contributed by atoms with E-state index < -0.39 is 0 Å². The van der Waals surface area contributed by atoms with Crippen LogP contribution in [0, 0.1) is 6.92 Å². The molecule has 0 amide bonds. The zero-order chi connectivity index (χ0) is 17.5. The lowest BCUT2D eigenvalue weighted by Gasteiger charge is -2.14. The summed E-state index contributed by atoms with van der Waals surface area (Å²) in [5, 5.41) is 12.5. The predicted molar refractivity (Wildman–Crippen MR) is 102 cm³/mol. The van der Waals surface area contributed by atoms with Gasteiger partial charge in [-0.1, -0.05) is 12.2 Å². The summed E-state index contributed by atoms with van der Waals surface area (Å²) >= 11 is 1.65. The molecule has 0 unspecified atom stereocenters. The molecule has 126 valence electrons. The first-order chi connectivity index (χ1) is 11.5. The minimum Gasteiger partial charge on any atom is -0.496 e. The van der Waals surface area contributed by atoms with Crippen molar-refractivity contribution in [1.29, 1.82) is 0 Å². The number of aromatic nitrogens is 1. The van der Waals surface area contributed by atoms with Crippen molar-refractivity contribution < 1.29 is 4.74 Å². The van der Waals surface area contributed by atoms with Crippen molar-refractivity contribution in [3.8, 4) is 5.75 Å². The van der Waals surface area contributed by atoms with E-state index in [2.05, 4.69) is 33.4 Å². The van der Waals surface area contributed by atoms with Crippen molar-refractivity contribution in [2.45, 2.75) is 20.3 Å². The van der Waals surface area contributed by atoms with Crippen molar-refractivity contribution in [2.75, 3.05) is 12.2 Å². The summed E-state index contributed by atoms with van der Waals surface area (Å²) in [6, 6.07) is 5.63. The molecule has 0 radical (unpaired) electrons. The van der Waals surface area contributed by atoms with E-state index in [0.29, 0.717) is 5.84 Å². The third-order valence-corrected chi connectivity index (χ3v) is 3.94. The molecule has 1 aromatic carbocycles. The van der Waals surface area contributed by atoms with Gasteiger partial charge in [-0.05, 0) is 32.0 Å². The Morgan fingerprint density at radius 3 is 2.88 bits per heavy atom. The molecular weight excluding hydrogens is 322 g/mol. The van der Waals surface area contributed by atoms with Crippen LogP contribution in [0.15, 0.2) is 39.9 Å². The molecule has 7 heteroatoms. The Bertz CT molecular complexity index is 762. The highest BCUT2D eigenvalue weighted by molar-refractivity contribution is 7.09. The molecule has 24 heavy (non-hydrogen) atoms. The predicted octanol–water partition coefficient (Wildman–Crippen LogP) is 3.43. The number of aryl methyl sites for hydroxylation is 1. The van der Waals surface area contributed by atoms with Crippen LogP contribution in [0.5, 0.6) is 5.75 Å². The van der Waals surface area contributed by atoms with Crippen molar-refractivity contribution in [3.05, 3.63) is 45.9 Å². The number of rotatable bonds is 7. The molecule has 0 saturated carbocycles. The first kappa shape index (κ1) is 17.7. The van der Waals surface area contributed by atoms with Gasteiger partial charge in [0.1, 0.15) is 11.6 Å². The van der Waals surface area contributed by atoms with Crippen LogP contribution >= 0.6 is 11.3 Å². The molecule has 0 aliphatic rings. The van der Waals surface area contributed by atoms with Gasteiger partial charge >= 0.3 is 0 Å². The van der Waals surface area contributed by atoms with Gasteiger partial charge in [0.05, 0.1) is 23.5 Å². The van der Waals surface area contributed by atoms with Crippen LogP contribution in [-0.2, 0) is 6.42 Å². The van der Waals surface area contributed by atoms with E-state index in [0.717, 1.165) is 34.1 Å². The van der Waals surface area contributed by atoms with Gasteiger partial charge in [0.2, 0.25) is 0 Å². The summed E-state index contributed by atoms with van der Waals surface area (Å²) < 4.78 is 5.41. The maximum Gasteiger partial charge on any atom is 0.126 e. The number of nitrogens with zero attached hydrogens (tertiary/aromatic N) is 4. The highest BCUT2D eigenvalue weighted by Gasteiger charge is 2.07. The molecule has 1 heterocycles. The Morgan fingerprint density at radius 1 is 1.50 bits per heavy atom. The summed E-state index contributed by atoms with van der Waals surface area (Å²) in [6.45, 7) is 7.22. The Labute approximate surface area is 146 Å². The number of amidine groups is 1. The van der Waals surface area contributed by atoms with Gasteiger partial charge in [0.25, 0.3) is 0 Å². The smallest absolute Gasteiger partial charge is 0.126 e. The number of benzene rings is 1. The third-order valence-electron chi connectivity index (χ3n) is 3.12. The van der Waals surface area contributed by atoms with Gasteiger partial charge in [-0.2, -0.15) is 10.2 Å². The number of methoxy groups -OCH3 is 1. The van der Waals surface area contributed by atoms with Crippen LogP contribution in [0.1, 0.15) is 23.2 Å². The average molecular weight is 343 g/mol. The molecule has 0 aliphatic heterocycles. The molecular formula is C17H21N5OS. The van der Waals surface area contributed by atoms with Crippen LogP contribution in [0.25, 0.3) is 6.08 Å². The fraction of sp³-hybridized carbons (Fsp3) is 0.235. The standard InChI is InChI=1S/C17H21N5OS/c1-12(18)21-22(19-3)16-8-9-17(23-4)14(10-16)6-5-7-15-11-24-13(2)20-15/h5-6,8-11H,3,7H2,1-2,4H3,(H2,18,21)/b6-5+. The lowest BCUT2D eigenvalue weighted by Crippen LogP contribution is -2.15. The van der Waals surface area contributed by atoms with E-state index in [-0.39, 0.29) is 0 Å². The maximum absolute atomic E-state index is 5.62. The number of hydrogen-bond donors (Lipinski definition) is 1. The molecule has 2 N–H and O–H groups in total. The summed E-state index contributed by atoms with van der Waals surface area (Å²) in [4.78, 5) is 4.45. The van der Waals surface area contributed by atoms with Crippen molar-refractivity contribution in [2.24, 2.45) is 15.9 Å². The summed E-state index contributed by atoms with van der Waals surface area (Å²) in [5.74, 6) is 1.16. The van der Waals surface area contributed by atoms with Gasteiger partial charge < -0.3 is 10.5 Å². The molecule has 0 saturated heterocycles. The van der Waals surface area contributed by atoms with E-state index in [9.17, 15) is 0 Å². The van der Waals surface area contributed by atoms with Crippen LogP contribution < -0.4 is 15.6 Å². The Hall–Kier alpha value is -2.67. The van der Waals surface area contributed by atoms with Gasteiger partial charge in [-0.15, -0.1) is 16.4 Å². The minimum atomic E-state index is 0.397. The molecule has 0 spiro atoms. The highest BCUT2D eigenvalue weighted by atomic mass is 32.1. The molecule has 2 aromatic rings. The summed E-state index contributed by atoms with van der Waals surface area (Å²) in [5.41, 5.74) is 8.35. The zero-order valence-electron chi connectivity index (χ0n) is 14.1. The second-order valence-electron chi connectivity index (χ2n) is 5.06. The SMILES string of the molecule is C=NN(/N=C(/C)N)c1ccc(OC)c(/C=C/Cc2csc(C)n2)c1. The monoisotopic (exact) mass is 343 g/mol. The molecule has 0 bridgehead atoms. The van der Waals surface area contributed by atoms with E-state index >= 15 is 0 Å². The second kappa shape index (κ2) is 8.26. The Kier molecular flexibility index (Phi) is 6.08. The first-order valence-corrected chi connectivity index (χ1v) is 8.24. The van der Waals surface area contributed by atoms with Crippen LogP contribution in [0.2, 0.25) is 0 Å². The largest absolute Gasteiger partial charge is 0.496 e. The van der Waals surface area contributed by atoms with E-state index in [4.69, 9.17) is 10.5 Å². The normalized spacial score (nSPS) is 11.7. The zero-order valence-corrected chi connectivity index (χ0v) is 14.9. The highest BCUT2D eigenvalue weighted by Crippen LogP contribution is 2.27. The lowest BCUT2D eigenvalue weighted by molar-refractivity contribution is 0.414. The van der Waals surface area contributed by atoms with Gasteiger partial charge in [-0.3, -0.25) is 0 Å². The lowest BCUT2D eigenvalue weighted by atomic mass is 10.1. The molecule has 0 aliphatic carbocycles. The molecule has 0 fully saturated rings. The van der Waals surface area contributed by atoms with Crippen molar-refractivity contribution in [3.63, 3.8) is 0 Å². The van der Waals surface area contributed by atoms with Crippen molar-refractivity contribution >= 4 is 35.7 Å². The van der Waals surface area contributed by atoms with E-state index in [1.165, 1.54) is 5.12 Å². The number of hydrazone groups is 2. The van der Waals surface area contributed by atoms with E-state index in [1.54, 1.807) is 25.4 Å². The molecule has 1 aromatic heterocycles. The number of anilines is 1. The number of ether oxygens (including phenoxy) is 1.